The summed E-state index contributed by atoms with van der Waals surface area (Å²) in [7, 11) is 0. The predicted molar refractivity (Wildman–Crippen MR) is 111 cm³/mol. The number of benzene rings is 3. The Labute approximate surface area is 165 Å². The van der Waals surface area contributed by atoms with E-state index in [0.717, 1.165) is 16.8 Å². The van der Waals surface area contributed by atoms with Gasteiger partial charge < -0.3 is 4.90 Å². The number of fused-ring (bicyclic) bond motifs is 1. The Bertz CT molecular complexity index is 1030. The number of nitrogens with zero attached hydrogens (tertiary/aromatic N) is 1. The van der Waals surface area contributed by atoms with Gasteiger partial charge >= 0.3 is 0 Å². The lowest BCUT2D eigenvalue weighted by atomic mass is 9.65. The molecule has 1 atom stereocenters. The van der Waals surface area contributed by atoms with Gasteiger partial charge in [-0.3, -0.25) is 4.79 Å². The molecular weight excluding hydrogens is 349 g/mol. The molecule has 1 aliphatic heterocycles. The number of anilines is 1. The molecule has 0 unspecified atom stereocenters. The maximum absolute atomic E-state index is 14.0. The minimum Gasteiger partial charge on any atom is -0.302 e. The van der Waals surface area contributed by atoms with E-state index in [1.54, 1.807) is 12.1 Å². The second kappa shape index (κ2) is 6.59. The molecule has 28 heavy (non-hydrogen) atoms. The molecule has 3 aromatic carbocycles. The fourth-order valence-electron chi connectivity index (χ4n) is 4.68. The summed E-state index contributed by atoms with van der Waals surface area (Å²) in [5.74, 6) is -0.254. The number of hydrogen-bond acceptors (Lipinski definition) is 1. The summed E-state index contributed by atoms with van der Waals surface area (Å²) in [6.45, 7) is 6.31. The molecule has 2 nitrogen and oxygen atoms in total. The third kappa shape index (κ3) is 2.91. The lowest BCUT2D eigenvalue weighted by Crippen LogP contribution is -2.55. The van der Waals surface area contributed by atoms with Gasteiger partial charge in [0.15, 0.2) is 0 Å². The highest BCUT2D eigenvalue weighted by molar-refractivity contribution is 6.08. The third-order valence-electron chi connectivity index (χ3n) is 5.82. The van der Waals surface area contributed by atoms with Crippen LogP contribution in [-0.4, -0.2) is 11.4 Å². The minimum atomic E-state index is -0.442. The van der Waals surface area contributed by atoms with E-state index in [0.29, 0.717) is 12.0 Å². The average molecular weight is 373 g/mol. The number of rotatable bonds is 2. The van der Waals surface area contributed by atoms with E-state index in [1.807, 2.05) is 59.5 Å². The molecule has 1 heterocycles. The van der Waals surface area contributed by atoms with E-state index in [4.69, 9.17) is 0 Å². The van der Waals surface area contributed by atoms with Crippen LogP contribution in [-0.2, 0) is 5.41 Å². The van der Waals surface area contributed by atoms with Crippen LogP contribution in [0.25, 0.3) is 0 Å². The van der Waals surface area contributed by atoms with Gasteiger partial charge in [0.25, 0.3) is 5.91 Å². The summed E-state index contributed by atoms with van der Waals surface area (Å²) in [6.07, 6.45) is 0.693. The van der Waals surface area contributed by atoms with Gasteiger partial charge in [0.05, 0.1) is 0 Å². The van der Waals surface area contributed by atoms with Crippen LogP contribution in [0.5, 0.6) is 0 Å². The van der Waals surface area contributed by atoms with Gasteiger partial charge in [-0.05, 0) is 61.7 Å². The highest BCUT2D eigenvalue weighted by Crippen LogP contribution is 2.50. The molecule has 142 valence electrons. The van der Waals surface area contributed by atoms with Crippen molar-refractivity contribution in [3.8, 4) is 0 Å². The zero-order valence-corrected chi connectivity index (χ0v) is 16.4. The topological polar surface area (TPSA) is 20.3 Å². The van der Waals surface area contributed by atoms with Crippen molar-refractivity contribution in [3.05, 3.63) is 101 Å². The van der Waals surface area contributed by atoms with Gasteiger partial charge in [-0.2, -0.15) is 0 Å². The van der Waals surface area contributed by atoms with Crippen molar-refractivity contribution in [1.29, 1.82) is 0 Å². The number of carbonyl (C=O) groups excluding carboxylic acids is 1. The van der Waals surface area contributed by atoms with Crippen LogP contribution in [0.15, 0.2) is 78.9 Å². The summed E-state index contributed by atoms with van der Waals surface area (Å²) in [5.41, 5.74) is 2.70. The molecule has 0 saturated heterocycles. The second-order valence-electron chi connectivity index (χ2n) is 8.36. The molecule has 0 fully saturated rings. The SMILES string of the molecule is CC1(C)C[C@](C)(c2cccc(F)c2)c2ccccc2N1C(=O)c1ccccc1. The molecule has 3 aromatic rings. The molecule has 4 rings (SSSR count). The zero-order chi connectivity index (χ0) is 19.9. The lowest BCUT2D eigenvalue weighted by molar-refractivity contribution is 0.0948. The molecular formula is C25H24FNO. The fraction of sp³-hybridized carbons (Fsp3) is 0.240. The standard InChI is InChI=1S/C25H24FNO/c1-24(2)17-25(3,19-12-9-13-20(26)16-19)21-14-7-8-15-22(21)27(24)23(28)18-10-5-4-6-11-18/h4-16H,17H2,1-3H3/t25-/m1/s1. The van der Waals surface area contributed by atoms with Crippen molar-refractivity contribution in [2.45, 2.75) is 38.1 Å². The summed E-state index contributed by atoms with van der Waals surface area (Å²) < 4.78 is 14.0. The van der Waals surface area contributed by atoms with E-state index >= 15 is 0 Å². The number of hydrogen-bond donors (Lipinski definition) is 0. The highest BCUT2D eigenvalue weighted by Gasteiger charge is 2.47. The molecule has 0 saturated carbocycles. The van der Waals surface area contributed by atoms with E-state index in [1.165, 1.54) is 6.07 Å². The molecule has 3 heteroatoms. The van der Waals surface area contributed by atoms with Gasteiger partial charge in [-0.15, -0.1) is 0 Å². The van der Waals surface area contributed by atoms with Crippen LogP contribution in [0.2, 0.25) is 0 Å². The Morgan fingerprint density at radius 3 is 2.29 bits per heavy atom. The van der Waals surface area contributed by atoms with Crippen LogP contribution in [0.1, 0.15) is 48.7 Å². The summed E-state index contributed by atoms with van der Waals surface area (Å²) in [5, 5.41) is 0. The van der Waals surface area contributed by atoms with Crippen LogP contribution in [0.3, 0.4) is 0 Å². The number of amides is 1. The Morgan fingerprint density at radius 1 is 0.893 bits per heavy atom. The number of halogens is 1. The van der Waals surface area contributed by atoms with E-state index in [9.17, 15) is 9.18 Å². The fourth-order valence-corrected chi connectivity index (χ4v) is 4.68. The van der Waals surface area contributed by atoms with Crippen LogP contribution in [0.4, 0.5) is 10.1 Å². The highest BCUT2D eigenvalue weighted by atomic mass is 19.1. The molecule has 0 spiro atoms. The van der Waals surface area contributed by atoms with Gasteiger partial charge in [0.2, 0.25) is 0 Å². The molecule has 1 amide bonds. The molecule has 1 aliphatic rings. The van der Waals surface area contributed by atoms with Crippen molar-refractivity contribution in [1.82, 2.24) is 0 Å². The molecule has 0 bridgehead atoms. The van der Waals surface area contributed by atoms with Gasteiger partial charge in [-0.25, -0.2) is 4.39 Å². The summed E-state index contributed by atoms with van der Waals surface area (Å²) in [4.78, 5) is 15.3. The van der Waals surface area contributed by atoms with Crippen LogP contribution >= 0.6 is 0 Å². The monoisotopic (exact) mass is 373 g/mol. The first kappa shape index (κ1) is 18.4. The average Bonchev–Trinajstić information content (AvgIpc) is 2.68. The zero-order valence-electron chi connectivity index (χ0n) is 16.4. The first-order chi connectivity index (χ1) is 13.3. The maximum atomic E-state index is 14.0. The van der Waals surface area contributed by atoms with Gasteiger partial charge in [-0.1, -0.05) is 55.5 Å². The van der Waals surface area contributed by atoms with Crippen molar-refractivity contribution >= 4 is 11.6 Å². The Kier molecular flexibility index (Phi) is 4.34. The van der Waals surface area contributed by atoms with Crippen LogP contribution in [0, 0.1) is 5.82 Å². The van der Waals surface area contributed by atoms with Gasteiger partial charge in [0, 0.05) is 22.2 Å². The minimum absolute atomic E-state index is 0.0145. The van der Waals surface area contributed by atoms with E-state index < -0.39 is 11.0 Å². The Hall–Kier alpha value is -2.94. The Balaban J connectivity index is 1.90. The van der Waals surface area contributed by atoms with Crippen molar-refractivity contribution in [2.24, 2.45) is 0 Å². The van der Waals surface area contributed by atoms with Crippen LogP contribution < -0.4 is 4.90 Å². The third-order valence-corrected chi connectivity index (χ3v) is 5.82. The quantitative estimate of drug-likeness (QED) is 0.543. The predicted octanol–water partition coefficient (Wildman–Crippen LogP) is 5.96. The number of para-hydroxylation sites is 1. The lowest BCUT2D eigenvalue weighted by Gasteiger charge is -2.51. The van der Waals surface area contributed by atoms with Gasteiger partial charge in [0.1, 0.15) is 5.82 Å². The summed E-state index contributed by atoms with van der Waals surface area (Å²) in [6, 6.07) is 24.2. The van der Waals surface area contributed by atoms with E-state index in [2.05, 4.69) is 26.8 Å². The van der Waals surface area contributed by atoms with E-state index in [-0.39, 0.29) is 11.7 Å². The van der Waals surface area contributed by atoms with Crippen molar-refractivity contribution in [3.63, 3.8) is 0 Å². The normalized spacial score (nSPS) is 20.5. The molecule has 0 radical (unpaired) electrons. The first-order valence-electron chi connectivity index (χ1n) is 9.58. The smallest absolute Gasteiger partial charge is 0.258 e. The Morgan fingerprint density at radius 2 is 1.57 bits per heavy atom. The molecule has 0 N–H and O–H groups in total. The maximum Gasteiger partial charge on any atom is 0.258 e. The molecule has 0 aliphatic carbocycles. The summed E-state index contributed by atoms with van der Waals surface area (Å²) >= 11 is 0. The largest absolute Gasteiger partial charge is 0.302 e. The van der Waals surface area contributed by atoms with Crippen molar-refractivity contribution < 1.29 is 9.18 Å². The van der Waals surface area contributed by atoms with Crippen molar-refractivity contribution in [2.75, 3.05) is 4.90 Å². The first-order valence-corrected chi connectivity index (χ1v) is 9.58. The number of carbonyl (C=O) groups is 1. The molecule has 0 aromatic heterocycles. The second-order valence-corrected chi connectivity index (χ2v) is 8.36.